The Hall–Kier alpha value is -1.99. The molecule has 0 spiro atoms. The third-order valence-electron chi connectivity index (χ3n) is 2.55. The number of amidine groups is 1. The van der Waals surface area contributed by atoms with Crippen molar-refractivity contribution in [2.75, 3.05) is 0 Å². The van der Waals surface area contributed by atoms with Gasteiger partial charge in [-0.3, -0.25) is 5.32 Å². The number of benzene rings is 1. The van der Waals surface area contributed by atoms with Crippen LogP contribution in [0.25, 0.3) is 0 Å². The lowest BCUT2D eigenvalue weighted by Crippen LogP contribution is -2.27. The van der Waals surface area contributed by atoms with Gasteiger partial charge in [0.05, 0.1) is 6.04 Å². The largest absolute Gasteiger partial charge is 0.409 e. The minimum Gasteiger partial charge on any atom is -0.409 e. The zero-order valence-electron chi connectivity index (χ0n) is 9.85. The summed E-state index contributed by atoms with van der Waals surface area (Å²) in [6.07, 6.45) is 6.23. The van der Waals surface area contributed by atoms with Crippen molar-refractivity contribution < 1.29 is 5.21 Å². The second kappa shape index (κ2) is 6.56. The molecule has 0 saturated carbocycles. The lowest BCUT2D eigenvalue weighted by molar-refractivity contribution is 0.318. The fourth-order valence-corrected chi connectivity index (χ4v) is 1.53. The van der Waals surface area contributed by atoms with E-state index in [2.05, 4.69) is 16.4 Å². The van der Waals surface area contributed by atoms with Crippen LogP contribution in [0.5, 0.6) is 0 Å². The third kappa shape index (κ3) is 3.51. The van der Waals surface area contributed by atoms with Crippen molar-refractivity contribution >= 4 is 5.84 Å². The van der Waals surface area contributed by atoms with Gasteiger partial charge < -0.3 is 10.9 Å². The van der Waals surface area contributed by atoms with E-state index in [0.717, 1.165) is 17.5 Å². The van der Waals surface area contributed by atoms with E-state index in [1.165, 1.54) is 0 Å². The van der Waals surface area contributed by atoms with Gasteiger partial charge in [-0.25, -0.2) is 0 Å². The maximum atomic E-state index is 8.69. The van der Waals surface area contributed by atoms with E-state index in [0.29, 0.717) is 6.54 Å². The summed E-state index contributed by atoms with van der Waals surface area (Å²) < 4.78 is 0. The number of hydrogen-bond donors (Lipinski definition) is 3. The van der Waals surface area contributed by atoms with Crippen LogP contribution < -0.4 is 11.1 Å². The van der Waals surface area contributed by atoms with Crippen molar-refractivity contribution in [3.05, 3.63) is 35.4 Å². The molecule has 0 aliphatic rings. The first-order valence-corrected chi connectivity index (χ1v) is 5.48. The molecule has 1 rings (SSSR count). The minimum absolute atomic E-state index is 0.0374. The molecule has 0 saturated heterocycles. The molecule has 17 heavy (non-hydrogen) atoms. The molecule has 0 aliphatic carbocycles. The van der Waals surface area contributed by atoms with Gasteiger partial charge in [0, 0.05) is 12.1 Å². The number of nitrogens with one attached hydrogen (secondary N) is 1. The number of oxime groups is 1. The quantitative estimate of drug-likeness (QED) is 0.235. The van der Waals surface area contributed by atoms with Crippen LogP contribution in [-0.2, 0) is 6.54 Å². The number of terminal acetylenes is 1. The van der Waals surface area contributed by atoms with Crippen LogP contribution in [0.1, 0.15) is 24.5 Å². The molecule has 0 amide bonds. The van der Waals surface area contributed by atoms with Crippen LogP contribution >= 0.6 is 0 Å². The summed E-state index contributed by atoms with van der Waals surface area (Å²) in [5.41, 5.74) is 7.27. The molecule has 4 heteroatoms. The first-order chi connectivity index (χ1) is 8.22. The molecule has 0 radical (unpaired) electrons. The molecule has 0 fully saturated rings. The Morgan fingerprint density at radius 1 is 1.59 bits per heavy atom. The molecule has 4 N–H and O–H groups in total. The van der Waals surface area contributed by atoms with Gasteiger partial charge in [0.25, 0.3) is 0 Å². The molecule has 1 aromatic rings. The topological polar surface area (TPSA) is 70.6 Å². The Kier molecular flexibility index (Phi) is 5.05. The highest BCUT2D eigenvalue weighted by Crippen LogP contribution is 2.08. The lowest BCUT2D eigenvalue weighted by Gasteiger charge is -2.13. The molecule has 0 bridgehead atoms. The molecule has 1 aromatic carbocycles. The molecule has 4 nitrogen and oxygen atoms in total. The molecule has 90 valence electrons. The fourth-order valence-electron chi connectivity index (χ4n) is 1.53. The van der Waals surface area contributed by atoms with Crippen molar-refractivity contribution in [2.45, 2.75) is 25.9 Å². The van der Waals surface area contributed by atoms with Crippen molar-refractivity contribution in [3.63, 3.8) is 0 Å². The van der Waals surface area contributed by atoms with Gasteiger partial charge in [0.15, 0.2) is 5.84 Å². The van der Waals surface area contributed by atoms with E-state index in [1.807, 2.05) is 31.2 Å². The van der Waals surface area contributed by atoms with Crippen LogP contribution in [0.15, 0.2) is 29.4 Å². The van der Waals surface area contributed by atoms with Gasteiger partial charge in [0.2, 0.25) is 0 Å². The lowest BCUT2D eigenvalue weighted by atomic mass is 10.1. The Bertz CT molecular complexity index is 435. The fraction of sp³-hybridized carbons (Fsp3) is 0.308. The minimum atomic E-state index is 0.0374. The first-order valence-electron chi connectivity index (χ1n) is 5.48. The van der Waals surface area contributed by atoms with Crippen molar-refractivity contribution in [1.82, 2.24) is 5.32 Å². The maximum absolute atomic E-state index is 8.69. The van der Waals surface area contributed by atoms with Gasteiger partial charge in [-0.2, -0.15) is 0 Å². The van der Waals surface area contributed by atoms with Crippen molar-refractivity contribution in [3.8, 4) is 12.3 Å². The summed E-state index contributed by atoms with van der Waals surface area (Å²) in [7, 11) is 0. The Morgan fingerprint density at radius 2 is 2.29 bits per heavy atom. The van der Waals surface area contributed by atoms with Gasteiger partial charge in [0.1, 0.15) is 0 Å². The van der Waals surface area contributed by atoms with Gasteiger partial charge in [-0.05, 0) is 12.0 Å². The molecular weight excluding hydrogens is 214 g/mol. The van der Waals surface area contributed by atoms with Crippen LogP contribution in [0.3, 0.4) is 0 Å². The van der Waals surface area contributed by atoms with Crippen molar-refractivity contribution in [2.24, 2.45) is 10.9 Å². The Balaban J connectivity index is 2.81. The van der Waals surface area contributed by atoms with Gasteiger partial charge >= 0.3 is 0 Å². The highest BCUT2D eigenvalue weighted by Gasteiger charge is 2.07. The summed E-state index contributed by atoms with van der Waals surface area (Å²) in [4.78, 5) is 0. The Morgan fingerprint density at radius 3 is 2.88 bits per heavy atom. The molecule has 0 aliphatic heterocycles. The Labute approximate surface area is 102 Å². The van der Waals surface area contributed by atoms with E-state index >= 15 is 0 Å². The standard InChI is InChI=1S/C13H17N3O/c1-3-11(4-2)15-9-10-7-5-6-8-12(10)13(14)16-17/h1,5-8,11,15,17H,4,9H2,2H3,(H2,14,16). The van der Waals surface area contributed by atoms with E-state index in [4.69, 9.17) is 17.4 Å². The molecule has 1 atom stereocenters. The zero-order chi connectivity index (χ0) is 12.7. The summed E-state index contributed by atoms with van der Waals surface area (Å²) in [5.74, 6) is 2.77. The summed E-state index contributed by atoms with van der Waals surface area (Å²) in [5, 5.41) is 14.9. The second-order valence-corrected chi connectivity index (χ2v) is 3.65. The average molecular weight is 231 g/mol. The van der Waals surface area contributed by atoms with Crippen LogP contribution in [0.2, 0.25) is 0 Å². The molecular formula is C13H17N3O. The zero-order valence-corrected chi connectivity index (χ0v) is 9.85. The number of rotatable bonds is 5. The molecule has 1 unspecified atom stereocenters. The maximum Gasteiger partial charge on any atom is 0.170 e. The molecule has 0 aromatic heterocycles. The summed E-state index contributed by atoms with van der Waals surface area (Å²) in [6.45, 7) is 2.61. The highest BCUT2D eigenvalue weighted by atomic mass is 16.4. The van der Waals surface area contributed by atoms with Crippen LogP contribution in [0, 0.1) is 12.3 Å². The predicted octanol–water partition coefficient (Wildman–Crippen LogP) is 1.28. The van der Waals surface area contributed by atoms with E-state index in [-0.39, 0.29) is 11.9 Å². The predicted molar refractivity (Wildman–Crippen MR) is 68.7 cm³/mol. The first kappa shape index (κ1) is 13.1. The normalized spacial score (nSPS) is 13.1. The smallest absolute Gasteiger partial charge is 0.170 e. The van der Waals surface area contributed by atoms with Gasteiger partial charge in [-0.1, -0.05) is 42.3 Å². The average Bonchev–Trinajstić information content (AvgIpc) is 2.39. The van der Waals surface area contributed by atoms with E-state index < -0.39 is 0 Å². The monoisotopic (exact) mass is 231 g/mol. The van der Waals surface area contributed by atoms with Crippen molar-refractivity contribution in [1.29, 1.82) is 0 Å². The van der Waals surface area contributed by atoms with Crippen LogP contribution in [-0.4, -0.2) is 17.1 Å². The van der Waals surface area contributed by atoms with Gasteiger partial charge in [-0.15, -0.1) is 6.42 Å². The SMILES string of the molecule is C#CC(CC)NCc1ccccc1/C(N)=N/O. The van der Waals surface area contributed by atoms with E-state index in [1.54, 1.807) is 0 Å². The summed E-state index contributed by atoms with van der Waals surface area (Å²) in [6, 6.07) is 7.51. The van der Waals surface area contributed by atoms with E-state index in [9.17, 15) is 0 Å². The van der Waals surface area contributed by atoms with Crippen LogP contribution in [0.4, 0.5) is 0 Å². The third-order valence-corrected chi connectivity index (χ3v) is 2.55. The molecule has 0 heterocycles. The number of nitrogens with two attached hydrogens (primary N) is 1. The highest BCUT2D eigenvalue weighted by molar-refractivity contribution is 5.98. The summed E-state index contributed by atoms with van der Waals surface area (Å²) >= 11 is 0. The number of hydrogen-bond acceptors (Lipinski definition) is 3. The number of nitrogens with zero attached hydrogens (tertiary/aromatic N) is 1. The second-order valence-electron chi connectivity index (χ2n) is 3.65.